The lowest BCUT2D eigenvalue weighted by Crippen LogP contribution is -2.27. The van der Waals surface area contributed by atoms with Crippen molar-refractivity contribution in [2.24, 2.45) is 0 Å². The first-order chi connectivity index (χ1) is 12.8. The lowest BCUT2D eigenvalue weighted by Gasteiger charge is -2.15. The zero-order valence-electron chi connectivity index (χ0n) is 14.1. The fourth-order valence-electron chi connectivity index (χ4n) is 3.37. The molecule has 0 radical (unpaired) electrons. The Hall–Kier alpha value is -3.28. The van der Waals surface area contributed by atoms with E-state index in [0.29, 0.717) is 18.9 Å². The molecule has 6 heteroatoms. The summed E-state index contributed by atoms with van der Waals surface area (Å²) in [5, 5.41) is 4.01. The molecule has 4 rings (SSSR count). The Morgan fingerprint density at radius 1 is 1.12 bits per heavy atom. The third kappa shape index (κ3) is 3.39. The second-order valence-corrected chi connectivity index (χ2v) is 6.28. The van der Waals surface area contributed by atoms with Crippen molar-refractivity contribution in [3.63, 3.8) is 0 Å². The van der Waals surface area contributed by atoms with Crippen molar-refractivity contribution < 1.29 is 9.32 Å². The third-order valence-electron chi connectivity index (χ3n) is 4.67. The Kier molecular flexibility index (Phi) is 4.55. The van der Waals surface area contributed by atoms with Crippen LogP contribution in [-0.4, -0.2) is 39.0 Å². The van der Waals surface area contributed by atoms with Crippen LogP contribution in [-0.2, 0) is 4.79 Å². The van der Waals surface area contributed by atoms with Gasteiger partial charge >= 0.3 is 0 Å². The van der Waals surface area contributed by atoms with Crippen LogP contribution in [0, 0.1) is 0 Å². The van der Waals surface area contributed by atoms with Gasteiger partial charge in [0, 0.05) is 43.4 Å². The van der Waals surface area contributed by atoms with Gasteiger partial charge in [-0.05, 0) is 23.3 Å². The lowest BCUT2D eigenvalue weighted by atomic mass is 9.88. The van der Waals surface area contributed by atoms with Crippen molar-refractivity contribution >= 4 is 12.0 Å². The predicted molar refractivity (Wildman–Crippen MR) is 96.1 cm³/mol. The molecule has 0 spiro atoms. The van der Waals surface area contributed by atoms with Crippen molar-refractivity contribution in [3.05, 3.63) is 84.3 Å². The molecule has 3 aromatic rings. The van der Waals surface area contributed by atoms with Crippen LogP contribution in [0.15, 0.2) is 71.9 Å². The summed E-state index contributed by atoms with van der Waals surface area (Å²) < 4.78 is 4.93. The minimum absolute atomic E-state index is 0.0203. The number of carbonyl (C=O) groups excluding carboxylic acids is 1. The van der Waals surface area contributed by atoms with E-state index < -0.39 is 0 Å². The van der Waals surface area contributed by atoms with Gasteiger partial charge in [0.05, 0.1) is 0 Å². The number of likely N-dealkylation sites (tertiary alicyclic amines) is 1. The van der Waals surface area contributed by atoms with Crippen LogP contribution in [0.1, 0.15) is 28.8 Å². The SMILES string of the molecule is O=C(C=Cc1cccnc1)N1CC(c2ccccc2)C(c2ncon2)C1. The molecule has 26 heavy (non-hydrogen) atoms. The normalized spacial score (nSPS) is 19.9. The number of aromatic nitrogens is 3. The molecule has 0 bridgehead atoms. The fourth-order valence-corrected chi connectivity index (χ4v) is 3.37. The highest BCUT2D eigenvalue weighted by atomic mass is 16.5. The van der Waals surface area contributed by atoms with E-state index in [0.717, 1.165) is 5.56 Å². The minimum Gasteiger partial charge on any atom is -0.343 e. The molecule has 2 aromatic heterocycles. The Labute approximate surface area is 151 Å². The molecule has 2 atom stereocenters. The molecule has 1 aliphatic rings. The first-order valence-corrected chi connectivity index (χ1v) is 8.49. The van der Waals surface area contributed by atoms with Crippen molar-refractivity contribution in [1.82, 2.24) is 20.0 Å². The molecule has 130 valence electrons. The van der Waals surface area contributed by atoms with Gasteiger partial charge in [-0.2, -0.15) is 4.98 Å². The number of rotatable bonds is 4. The van der Waals surface area contributed by atoms with Gasteiger partial charge in [0.15, 0.2) is 5.82 Å². The summed E-state index contributed by atoms with van der Waals surface area (Å²) in [7, 11) is 0. The first-order valence-electron chi connectivity index (χ1n) is 8.49. The van der Waals surface area contributed by atoms with E-state index in [-0.39, 0.29) is 17.7 Å². The van der Waals surface area contributed by atoms with Gasteiger partial charge in [-0.25, -0.2) is 0 Å². The zero-order valence-corrected chi connectivity index (χ0v) is 14.1. The van der Waals surface area contributed by atoms with E-state index in [1.54, 1.807) is 24.5 Å². The van der Waals surface area contributed by atoms with Crippen LogP contribution < -0.4 is 0 Å². The highest BCUT2D eigenvalue weighted by molar-refractivity contribution is 5.92. The summed E-state index contributed by atoms with van der Waals surface area (Å²) in [5.74, 6) is 0.780. The standard InChI is InChI=1S/C20H18N4O2/c25-19(9-8-15-5-4-10-21-11-15)24-12-17(16-6-2-1-3-7-16)18(13-24)20-22-14-26-23-20/h1-11,14,17-18H,12-13H2. The zero-order chi connectivity index (χ0) is 17.8. The molecule has 0 N–H and O–H groups in total. The van der Waals surface area contributed by atoms with Crippen LogP contribution >= 0.6 is 0 Å². The summed E-state index contributed by atoms with van der Waals surface area (Å²) in [6, 6.07) is 13.9. The van der Waals surface area contributed by atoms with E-state index in [4.69, 9.17) is 4.52 Å². The summed E-state index contributed by atoms with van der Waals surface area (Å²) in [4.78, 5) is 22.8. The van der Waals surface area contributed by atoms with Gasteiger partial charge in [0.2, 0.25) is 12.3 Å². The maximum Gasteiger partial charge on any atom is 0.246 e. The Morgan fingerprint density at radius 2 is 1.96 bits per heavy atom. The summed E-state index contributed by atoms with van der Waals surface area (Å²) in [5.41, 5.74) is 2.07. The van der Waals surface area contributed by atoms with Crippen LogP contribution in [0.4, 0.5) is 0 Å². The van der Waals surface area contributed by atoms with Crippen molar-refractivity contribution in [2.75, 3.05) is 13.1 Å². The molecular weight excluding hydrogens is 328 g/mol. The van der Waals surface area contributed by atoms with Crippen LogP contribution in [0.25, 0.3) is 6.08 Å². The molecule has 1 amide bonds. The fraction of sp³-hybridized carbons (Fsp3) is 0.200. The van der Waals surface area contributed by atoms with Crippen LogP contribution in [0.5, 0.6) is 0 Å². The molecule has 2 unspecified atom stereocenters. The average Bonchev–Trinajstić information content (AvgIpc) is 3.37. The molecule has 1 aromatic carbocycles. The summed E-state index contributed by atoms with van der Waals surface area (Å²) in [6.45, 7) is 1.19. The van der Waals surface area contributed by atoms with Crippen LogP contribution in [0.3, 0.4) is 0 Å². The van der Waals surface area contributed by atoms with Crippen LogP contribution in [0.2, 0.25) is 0 Å². The second kappa shape index (κ2) is 7.31. The number of hydrogen-bond donors (Lipinski definition) is 0. The Balaban J connectivity index is 1.55. The number of carbonyl (C=O) groups is 1. The van der Waals surface area contributed by atoms with Gasteiger partial charge in [-0.1, -0.05) is 41.6 Å². The first kappa shape index (κ1) is 16.2. The van der Waals surface area contributed by atoms with Gasteiger partial charge in [0.25, 0.3) is 0 Å². The number of pyridine rings is 1. The van der Waals surface area contributed by atoms with Gasteiger partial charge in [-0.15, -0.1) is 0 Å². The smallest absolute Gasteiger partial charge is 0.246 e. The molecule has 0 saturated carbocycles. The molecule has 0 aliphatic carbocycles. The third-order valence-corrected chi connectivity index (χ3v) is 4.67. The number of benzene rings is 1. The Morgan fingerprint density at radius 3 is 2.69 bits per heavy atom. The van der Waals surface area contributed by atoms with Gasteiger partial charge in [0.1, 0.15) is 0 Å². The number of hydrogen-bond acceptors (Lipinski definition) is 5. The highest BCUT2D eigenvalue weighted by Crippen LogP contribution is 2.38. The highest BCUT2D eigenvalue weighted by Gasteiger charge is 2.38. The summed E-state index contributed by atoms with van der Waals surface area (Å²) in [6.07, 6.45) is 8.15. The van der Waals surface area contributed by atoms with Crippen molar-refractivity contribution in [1.29, 1.82) is 0 Å². The van der Waals surface area contributed by atoms with Crippen molar-refractivity contribution in [2.45, 2.75) is 11.8 Å². The van der Waals surface area contributed by atoms with Crippen molar-refractivity contribution in [3.8, 4) is 0 Å². The quantitative estimate of drug-likeness (QED) is 0.679. The molecule has 1 aliphatic heterocycles. The predicted octanol–water partition coefficient (Wildman–Crippen LogP) is 2.89. The molecule has 1 saturated heterocycles. The van der Waals surface area contributed by atoms with Gasteiger partial charge in [-0.3, -0.25) is 9.78 Å². The molecule has 3 heterocycles. The Bertz CT molecular complexity index is 879. The maximum atomic E-state index is 12.7. The van der Waals surface area contributed by atoms with E-state index in [2.05, 4.69) is 27.3 Å². The molecule has 6 nitrogen and oxygen atoms in total. The average molecular weight is 346 g/mol. The largest absolute Gasteiger partial charge is 0.343 e. The van der Waals surface area contributed by atoms with E-state index in [1.165, 1.54) is 12.0 Å². The monoisotopic (exact) mass is 346 g/mol. The molecule has 1 fully saturated rings. The minimum atomic E-state index is -0.0271. The number of amides is 1. The van der Waals surface area contributed by atoms with E-state index >= 15 is 0 Å². The number of nitrogens with zero attached hydrogens (tertiary/aromatic N) is 4. The van der Waals surface area contributed by atoms with Gasteiger partial charge < -0.3 is 9.42 Å². The topological polar surface area (TPSA) is 72.1 Å². The second-order valence-electron chi connectivity index (χ2n) is 6.28. The van der Waals surface area contributed by atoms with E-state index in [9.17, 15) is 4.79 Å². The molecular formula is C20H18N4O2. The lowest BCUT2D eigenvalue weighted by molar-refractivity contribution is -0.125. The van der Waals surface area contributed by atoms with E-state index in [1.807, 2.05) is 35.2 Å². The summed E-state index contributed by atoms with van der Waals surface area (Å²) >= 11 is 0. The maximum absolute atomic E-state index is 12.7.